The number of aromatic amines is 1. The molecule has 0 fully saturated rings. The number of carbonyl (C=O) groups is 2. The zero-order valence-corrected chi connectivity index (χ0v) is 17.7. The van der Waals surface area contributed by atoms with Crippen molar-refractivity contribution in [3.63, 3.8) is 0 Å². The molecule has 4 aromatic rings. The molecule has 2 amide bonds. The van der Waals surface area contributed by atoms with E-state index < -0.39 is 0 Å². The van der Waals surface area contributed by atoms with Gasteiger partial charge in [0, 0.05) is 17.0 Å². The van der Waals surface area contributed by atoms with Crippen molar-refractivity contribution in [1.29, 1.82) is 0 Å². The maximum absolute atomic E-state index is 13.7. The molecule has 6 nitrogen and oxygen atoms in total. The highest BCUT2D eigenvalue weighted by Gasteiger charge is 2.15. The zero-order chi connectivity index (χ0) is 21.8. The summed E-state index contributed by atoms with van der Waals surface area (Å²) in [4.78, 5) is 26.2. The first kappa shape index (κ1) is 20.7. The van der Waals surface area contributed by atoms with Gasteiger partial charge in [0.15, 0.2) is 0 Å². The van der Waals surface area contributed by atoms with Gasteiger partial charge in [0.2, 0.25) is 11.8 Å². The smallest absolute Gasteiger partial charge is 0.229 e. The normalized spacial score (nSPS) is 10.9. The van der Waals surface area contributed by atoms with Crippen LogP contribution in [-0.2, 0) is 29.0 Å². The lowest BCUT2D eigenvalue weighted by molar-refractivity contribution is -0.120. The summed E-state index contributed by atoms with van der Waals surface area (Å²) < 4.78 is 13.7. The first-order chi connectivity index (χ1) is 15.0. The number of rotatable bonds is 7. The summed E-state index contributed by atoms with van der Waals surface area (Å²) in [5, 5.41) is 13.4. The summed E-state index contributed by atoms with van der Waals surface area (Å²) in [6.45, 7) is 2.12. The molecule has 0 aliphatic heterocycles. The minimum Gasteiger partial charge on any atom is -0.352 e. The van der Waals surface area contributed by atoms with E-state index in [1.807, 2.05) is 37.3 Å². The minimum atomic E-state index is -0.344. The Balaban J connectivity index is 1.37. The van der Waals surface area contributed by atoms with Gasteiger partial charge in [-0.1, -0.05) is 48.0 Å². The largest absolute Gasteiger partial charge is 0.352 e. The van der Waals surface area contributed by atoms with Gasteiger partial charge in [0.25, 0.3) is 0 Å². The highest BCUT2D eigenvalue weighted by molar-refractivity contribution is 7.18. The Bertz CT molecular complexity index is 1250. The number of aryl methyl sites for hydroxylation is 1. The highest BCUT2D eigenvalue weighted by Crippen LogP contribution is 2.29. The van der Waals surface area contributed by atoms with Gasteiger partial charge in [0.05, 0.1) is 18.2 Å². The van der Waals surface area contributed by atoms with Gasteiger partial charge in [0.1, 0.15) is 16.5 Å². The van der Waals surface area contributed by atoms with Crippen LogP contribution < -0.4 is 10.6 Å². The molecule has 0 unspecified atom stereocenters. The molecule has 0 radical (unpaired) electrons. The van der Waals surface area contributed by atoms with E-state index in [9.17, 15) is 14.0 Å². The van der Waals surface area contributed by atoms with Crippen LogP contribution in [0.15, 0.2) is 54.6 Å². The number of carbonyl (C=O) groups excluding carboxylic acids is 2. The first-order valence-electron chi connectivity index (χ1n) is 9.80. The van der Waals surface area contributed by atoms with E-state index in [0.717, 1.165) is 21.4 Å². The number of amides is 2. The van der Waals surface area contributed by atoms with Crippen molar-refractivity contribution in [1.82, 2.24) is 15.5 Å². The number of H-pyrrole nitrogens is 1. The van der Waals surface area contributed by atoms with E-state index in [4.69, 9.17) is 0 Å². The van der Waals surface area contributed by atoms with Gasteiger partial charge in [-0.15, -0.1) is 11.3 Å². The molecule has 0 aliphatic carbocycles. The van der Waals surface area contributed by atoms with Crippen LogP contribution in [0.4, 0.5) is 10.2 Å². The minimum absolute atomic E-state index is 0.134. The van der Waals surface area contributed by atoms with Crippen molar-refractivity contribution < 1.29 is 14.0 Å². The SMILES string of the molecule is Cc1cccc(CC(=O)Nc2[nH]nc3sc(CC(=O)NCc4ccccc4F)cc23)c1. The van der Waals surface area contributed by atoms with Gasteiger partial charge in [-0.25, -0.2) is 4.39 Å². The first-order valence-corrected chi connectivity index (χ1v) is 10.6. The van der Waals surface area contributed by atoms with Crippen LogP contribution in [0.3, 0.4) is 0 Å². The Morgan fingerprint density at radius 1 is 1.06 bits per heavy atom. The third kappa shape index (κ3) is 5.16. The molecular weight excluding hydrogens is 415 g/mol. The van der Waals surface area contributed by atoms with Gasteiger partial charge >= 0.3 is 0 Å². The number of anilines is 1. The van der Waals surface area contributed by atoms with E-state index in [1.165, 1.54) is 17.4 Å². The fourth-order valence-corrected chi connectivity index (χ4v) is 4.28. The van der Waals surface area contributed by atoms with Crippen LogP contribution in [0.5, 0.6) is 0 Å². The van der Waals surface area contributed by atoms with Crippen molar-refractivity contribution in [3.8, 4) is 0 Å². The number of nitrogens with one attached hydrogen (secondary N) is 3. The molecule has 2 aromatic carbocycles. The van der Waals surface area contributed by atoms with E-state index in [0.29, 0.717) is 16.2 Å². The van der Waals surface area contributed by atoms with Crippen LogP contribution in [0, 0.1) is 12.7 Å². The lowest BCUT2D eigenvalue weighted by Crippen LogP contribution is -2.24. The Hall–Kier alpha value is -3.52. The van der Waals surface area contributed by atoms with Crippen LogP contribution in [-0.4, -0.2) is 22.0 Å². The predicted octanol–water partition coefficient (Wildman–Crippen LogP) is 4.11. The third-order valence-corrected chi connectivity index (χ3v) is 5.81. The molecule has 0 saturated heterocycles. The molecule has 0 bridgehead atoms. The summed E-state index contributed by atoms with van der Waals surface area (Å²) >= 11 is 1.38. The molecule has 0 atom stereocenters. The summed E-state index contributed by atoms with van der Waals surface area (Å²) in [5.41, 5.74) is 2.48. The van der Waals surface area contributed by atoms with Crippen molar-refractivity contribution in [2.24, 2.45) is 0 Å². The van der Waals surface area contributed by atoms with Gasteiger partial charge < -0.3 is 10.6 Å². The highest BCUT2D eigenvalue weighted by atomic mass is 32.1. The average Bonchev–Trinajstić information content (AvgIpc) is 3.28. The molecule has 2 aromatic heterocycles. The Kier molecular flexibility index (Phi) is 6.08. The van der Waals surface area contributed by atoms with Crippen molar-refractivity contribution >= 4 is 39.2 Å². The molecule has 0 saturated carbocycles. The van der Waals surface area contributed by atoms with Crippen LogP contribution in [0.25, 0.3) is 10.2 Å². The van der Waals surface area contributed by atoms with Crippen molar-refractivity contribution in [2.45, 2.75) is 26.3 Å². The number of thiophene rings is 1. The molecule has 2 heterocycles. The quantitative estimate of drug-likeness (QED) is 0.407. The second-order valence-electron chi connectivity index (χ2n) is 7.29. The van der Waals surface area contributed by atoms with Crippen LogP contribution in [0.1, 0.15) is 21.6 Å². The maximum atomic E-state index is 13.7. The maximum Gasteiger partial charge on any atom is 0.229 e. The lowest BCUT2D eigenvalue weighted by atomic mass is 10.1. The van der Waals surface area contributed by atoms with Crippen LogP contribution in [0.2, 0.25) is 0 Å². The topological polar surface area (TPSA) is 86.9 Å². The number of fused-ring (bicyclic) bond motifs is 1. The molecule has 31 heavy (non-hydrogen) atoms. The number of nitrogens with zero attached hydrogens (tertiary/aromatic N) is 1. The fourth-order valence-electron chi connectivity index (χ4n) is 3.29. The predicted molar refractivity (Wildman–Crippen MR) is 119 cm³/mol. The summed E-state index contributed by atoms with van der Waals surface area (Å²) in [7, 11) is 0. The van der Waals surface area contributed by atoms with Gasteiger partial charge in [-0.05, 0) is 24.6 Å². The number of benzene rings is 2. The molecule has 0 aliphatic rings. The fraction of sp³-hybridized carbons (Fsp3) is 0.174. The average molecular weight is 437 g/mol. The summed E-state index contributed by atoms with van der Waals surface area (Å²) in [6, 6.07) is 16.0. The summed E-state index contributed by atoms with van der Waals surface area (Å²) in [5.74, 6) is -0.182. The monoisotopic (exact) mass is 436 g/mol. The van der Waals surface area contributed by atoms with Crippen molar-refractivity contribution in [3.05, 3.63) is 82.0 Å². The number of hydrogen-bond acceptors (Lipinski definition) is 4. The number of aromatic nitrogens is 2. The van der Waals surface area contributed by atoms with Crippen LogP contribution >= 0.6 is 11.3 Å². The Morgan fingerprint density at radius 3 is 2.71 bits per heavy atom. The zero-order valence-electron chi connectivity index (χ0n) is 16.9. The molecule has 4 rings (SSSR count). The van der Waals surface area contributed by atoms with E-state index in [-0.39, 0.29) is 37.0 Å². The van der Waals surface area contributed by atoms with Crippen molar-refractivity contribution in [2.75, 3.05) is 5.32 Å². The molecular formula is C23H21FN4O2S. The molecule has 3 N–H and O–H groups in total. The lowest BCUT2D eigenvalue weighted by Gasteiger charge is -2.05. The van der Waals surface area contributed by atoms with E-state index in [2.05, 4.69) is 20.8 Å². The molecule has 0 spiro atoms. The Morgan fingerprint density at radius 2 is 1.90 bits per heavy atom. The number of hydrogen-bond donors (Lipinski definition) is 3. The summed E-state index contributed by atoms with van der Waals surface area (Å²) in [6.07, 6.45) is 0.420. The standard InChI is InChI=1S/C23H21FN4O2S/c1-14-5-4-6-15(9-14)10-21(30)26-22-18-11-17(31-23(18)28-27-22)12-20(29)25-13-16-7-2-3-8-19(16)24/h2-9,11H,10,12-13H2,1H3,(H,25,29)(H2,26,27,28,30). The molecule has 8 heteroatoms. The second-order valence-corrected chi connectivity index (χ2v) is 8.40. The Labute approximate surface area is 182 Å². The van der Waals surface area contributed by atoms with E-state index in [1.54, 1.807) is 18.2 Å². The van der Waals surface area contributed by atoms with Gasteiger partial charge in [-0.3, -0.25) is 14.7 Å². The molecule has 158 valence electrons. The van der Waals surface area contributed by atoms with Gasteiger partial charge in [-0.2, -0.15) is 5.10 Å². The second kappa shape index (κ2) is 9.09. The number of halogens is 1. The van der Waals surface area contributed by atoms with E-state index >= 15 is 0 Å². The third-order valence-electron chi connectivity index (χ3n) is 4.78.